The van der Waals surface area contributed by atoms with Gasteiger partial charge in [-0.15, -0.1) is 11.6 Å². The second kappa shape index (κ2) is 4.95. The van der Waals surface area contributed by atoms with Crippen molar-refractivity contribution in [2.75, 3.05) is 17.3 Å². The van der Waals surface area contributed by atoms with E-state index < -0.39 is 0 Å². The van der Waals surface area contributed by atoms with E-state index in [2.05, 4.69) is 0 Å². The fourth-order valence-corrected chi connectivity index (χ4v) is 2.27. The molecular formula is C12H10Cl2N2O. The minimum Gasteiger partial charge on any atom is -0.312 e. The first-order chi connectivity index (χ1) is 8.15. The number of carbonyl (C=O) groups is 1. The number of alkyl halides is 1. The highest BCUT2D eigenvalue weighted by Crippen LogP contribution is 2.28. The van der Waals surface area contributed by atoms with Gasteiger partial charge in [-0.2, -0.15) is 5.26 Å². The van der Waals surface area contributed by atoms with Crippen LogP contribution in [0, 0.1) is 17.2 Å². The van der Waals surface area contributed by atoms with Crippen LogP contribution in [0.1, 0.15) is 12.0 Å². The van der Waals surface area contributed by atoms with Gasteiger partial charge in [0, 0.05) is 24.5 Å². The fraction of sp³-hybridized carbons (Fsp3) is 0.333. The van der Waals surface area contributed by atoms with Crippen LogP contribution >= 0.6 is 23.2 Å². The molecule has 1 aliphatic heterocycles. The SMILES string of the molecule is N#Cc1cc(N2CC(CCl)CC2=O)ccc1Cl. The van der Waals surface area contributed by atoms with Crippen molar-refractivity contribution in [1.82, 2.24) is 0 Å². The van der Waals surface area contributed by atoms with Crippen molar-refractivity contribution in [2.24, 2.45) is 5.92 Å². The zero-order valence-corrected chi connectivity index (χ0v) is 10.5. The van der Waals surface area contributed by atoms with Crippen LogP contribution in [0.3, 0.4) is 0 Å². The van der Waals surface area contributed by atoms with E-state index in [0.717, 1.165) is 0 Å². The van der Waals surface area contributed by atoms with Crippen LogP contribution in [0.5, 0.6) is 0 Å². The van der Waals surface area contributed by atoms with Gasteiger partial charge in [-0.3, -0.25) is 4.79 Å². The average Bonchev–Trinajstić information content (AvgIpc) is 2.71. The largest absolute Gasteiger partial charge is 0.312 e. The van der Waals surface area contributed by atoms with Crippen LogP contribution in [0.2, 0.25) is 5.02 Å². The predicted molar refractivity (Wildman–Crippen MR) is 67.3 cm³/mol. The first-order valence-corrected chi connectivity index (χ1v) is 6.13. The molecule has 0 aromatic heterocycles. The smallest absolute Gasteiger partial charge is 0.227 e. The van der Waals surface area contributed by atoms with Crippen molar-refractivity contribution in [2.45, 2.75) is 6.42 Å². The lowest BCUT2D eigenvalue weighted by molar-refractivity contribution is -0.117. The van der Waals surface area contributed by atoms with E-state index in [1.165, 1.54) is 0 Å². The number of nitriles is 1. The molecule has 1 unspecified atom stereocenters. The van der Waals surface area contributed by atoms with E-state index in [4.69, 9.17) is 28.5 Å². The molecule has 0 N–H and O–H groups in total. The predicted octanol–water partition coefficient (Wildman–Crippen LogP) is 2.80. The van der Waals surface area contributed by atoms with E-state index in [-0.39, 0.29) is 11.8 Å². The second-order valence-electron chi connectivity index (χ2n) is 4.00. The van der Waals surface area contributed by atoms with Gasteiger partial charge >= 0.3 is 0 Å². The minimum atomic E-state index is 0.0434. The molecule has 1 fully saturated rings. The summed E-state index contributed by atoms with van der Waals surface area (Å²) in [4.78, 5) is 13.4. The van der Waals surface area contributed by atoms with E-state index >= 15 is 0 Å². The summed E-state index contributed by atoms with van der Waals surface area (Å²) >= 11 is 11.6. The molecule has 1 aromatic rings. The molecule has 88 valence electrons. The summed E-state index contributed by atoms with van der Waals surface area (Å²) in [5, 5.41) is 9.29. The van der Waals surface area contributed by atoms with Crippen LogP contribution in [0.25, 0.3) is 0 Å². The van der Waals surface area contributed by atoms with Crippen molar-refractivity contribution in [1.29, 1.82) is 5.26 Å². The lowest BCUT2D eigenvalue weighted by atomic mass is 10.1. The Morgan fingerprint density at radius 1 is 1.53 bits per heavy atom. The summed E-state index contributed by atoms with van der Waals surface area (Å²) < 4.78 is 0. The first-order valence-electron chi connectivity index (χ1n) is 5.21. The molecule has 0 saturated carbocycles. The van der Waals surface area contributed by atoms with Gasteiger partial charge in [0.1, 0.15) is 6.07 Å². The third-order valence-corrected chi connectivity index (χ3v) is 3.57. The summed E-state index contributed by atoms with van der Waals surface area (Å²) in [6, 6.07) is 7.02. The standard InChI is InChI=1S/C12H10Cl2N2O/c13-5-8-3-12(17)16(7-8)10-1-2-11(14)9(4-10)6-15/h1-2,4,8H,3,5,7H2. The Labute approximate surface area is 110 Å². The van der Waals surface area contributed by atoms with Crippen molar-refractivity contribution in [3.05, 3.63) is 28.8 Å². The van der Waals surface area contributed by atoms with Gasteiger partial charge in [0.25, 0.3) is 0 Å². The van der Waals surface area contributed by atoms with Gasteiger partial charge in [0.15, 0.2) is 0 Å². The minimum absolute atomic E-state index is 0.0434. The molecule has 17 heavy (non-hydrogen) atoms. The third kappa shape index (κ3) is 2.38. The van der Waals surface area contributed by atoms with Gasteiger partial charge in [0.2, 0.25) is 5.91 Å². The van der Waals surface area contributed by atoms with Crippen LogP contribution in [0.4, 0.5) is 5.69 Å². The molecule has 3 nitrogen and oxygen atoms in total. The van der Waals surface area contributed by atoms with Gasteiger partial charge in [-0.1, -0.05) is 11.6 Å². The summed E-state index contributed by atoms with van der Waals surface area (Å²) in [6.07, 6.45) is 0.466. The summed E-state index contributed by atoms with van der Waals surface area (Å²) in [6.45, 7) is 0.606. The van der Waals surface area contributed by atoms with Gasteiger partial charge in [-0.05, 0) is 24.1 Å². The maximum absolute atomic E-state index is 11.8. The molecule has 0 aliphatic carbocycles. The molecule has 1 aromatic carbocycles. The van der Waals surface area contributed by atoms with E-state index in [1.807, 2.05) is 6.07 Å². The number of halogens is 2. The maximum atomic E-state index is 11.8. The number of amides is 1. The first kappa shape index (κ1) is 12.2. The third-order valence-electron chi connectivity index (χ3n) is 2.81. The van der Waals surface area contributed by atoms with Crippen LogP contribution < -0.4 is 4.90 Å². The van der Waals surface area contributed by atoms with Crippen molar-refractivity contribution in [3.8, 4) is 6.07 Å². The highest BCUT2D eigenvalue weighted by atomic mass is 35.5. The van der Waals surface area contributed by atoms with E-state index in [1.54, 1.807) is 23.1 Å². The van der Waals surface area contributed by atoms with Crippen LogP contribution in [-0.2, 0) is 4.79 Å². The highest BCUT2D eigenvalue weighted by molar-refractivity contribution is 6.31. The zero-order chi connectivity index (χ0) is 12.4. The normalized spacial score (nSPS) is 19.5. The van der Waals surface area contributed by atoms with Crippen molar-refractivity contribution in [3.63, 3.8) is 0 Å². The molecule has 0 radical (unpaired) electrons. The van der Waals surface area contributed by atoms with Gasteiger partial charge < -0.3 is 4.90 Å². The summed E-state index contributed by atoms with van der Waals surface area (Å²) in [5.74, 6) is 0.702. The Kier molecular flexibility index (Phi) is 3.56. The van der Waals surface area contributed by atoms with E-state index in [9.17, 15) is 4.79 Å². The topological polar surface area (TPSA) is 44.1 Å². The Hall–Kier alpha value is -1.24. The summed E-state index contributed by atoms with van der Waals surface area (Å²) in [5.41, 5.74) is 1.09. The Morgan fingerprint density at radius 3 is 2.88 bits per heavy atom. The van der Waals surface area contributed by atoms with Crippen molar-refractivity contribution >= 4 is 34.8 Å². The molecule has 0 bridgehead atoms. The van der Waals surface area contributed by atoms with Crippen LogP contribution in [0.15, 0.2) is 18.2 Å². The Balaban J connectivity index is 2.30. The maximum Gasteiger partial charge on any atom is 0.227 e. The molecule has 1 heterocycles. The van der Waals surface area contributed by atoms with E-state index in [0.29, 0.717) is 35.1 Å². The Morgan fingerprint density at radius 2 is 2.29 bits per heavy atom. The molecule has 2 rings (SSSR count). The highest BCUT2D eigenvalue weighted by Gasteiger charge is 2.30. The lowest BCUT2D eigenvalue weighted by Crippen LogP contribution is -2.24. The number of benzene rings is 1. The molecule has 1 aliphatic rings. The van der Waals surface area contributed by atoms with Crippen molar-refractivity contribution < 1.29 is 4.79 Å². The number of hydrogen-bond acceptors (Lipinski definition) is 2. The number of rotatable bonds is 2. The molecular weight excluding hydrogens is 259 g/mol. The molecule has 1 saturated heterocycles. The van der Waals surface area contributed by atoms with Gasteiger partial charge in [0.05, 0.1) is 10.6 Å². The molecule has 1 amide bonds. The van der Waals surface area contributed by atoms with Crippen LogP contribution in [-0.4, -0.2) is 18.3 Å². The van der Waals surface area contributed by atoms with Gasteiger partial charge in [-0.25, -0.2) is 0 Å². The second-order valence-corrected chi connectivity index (χ2v) is 4.72. The lowest BCUT2D eigenvalue weighted by Gasteiger charge is -2.16. The number of hydrogen-bond donors (Lipinski definition) is 0. The Bertz CT molecular complexity index is 496. The average molecular weight is 269 g/mol. The number of anilines is 1. The molecule has 1 atom stereocenters. The molecule has 0 spiro atoms. The number of nitrogens with zero attached hydrogens (tertiary/aromatic N) is 2. The monoisotopic (exact) mass is 268 g/mol. The quantitative estimate of drug-likeness (QED) is 0.775. The summed E-state index contributed by atoms with van der Waals surface area (Å²) in [7, 11) is 0. The number of carbonyl (C=O) groups excluding carboxylic acids is 1. The fourth-order valence-electron chi connectivity index (χ4n) is 1.90. The molecule has 5 heteroatoms. The zero-order valence-electron chi connectivity index (χ0n) is 8.99.